The van der Waals surface area contributed by atoms with Crippen molar-refractivity contribution in [1.82, 2.24) is 0 Å². The first-order chi connectivity index (χ1) is 12.2. The first-order valence-electron chi connectivity index (χ1n) is 8.87. The zero-order valence-electron chi connectivity index (χ0n) is 13.8. The van der Waals surface area contributed by atoms with E-state index in [2.05, 4.69) is 0 Å². The van der Waals surface area contributed by atoms with Crippen LogP contribution in [0.5, 0.6) is 5.75 Å². The first-order valence-corrected chi connectivity index (χ1v) is 8.87. The van der Waals surface area contributed by atoms with Crippen LogP contribution >= 0.6 is 0 Å². The van der Waals surface area contributed by atoms with Gasteiger partial charge in [0.05, 0.1) is 17.4 Å². The molecular weight excluding hydrogens is 316 g/mol. The van der Waals surface area contributed by atoms with Gasteiger partial charge in [-0.25, -0.2) is 4.79 Å². The van der Waals surface area contributed by atoms with Crippen LogP contribution in [0.3, 0.4) is 0 Å². The number of ether oxygens (including phenoxy) is 1. The summed E-state index contributed by atoms with van der Waals surface area (Å²) in [5.74, 6) is 0.685. The van der Waals surface area contributed by atoms with E-state index >= 15 is 0 Å². The molecule has 5 rings (SSSR count). The SMILES string of the molecule is O=C1CC2(CCCCC2)Oc2cc3oc(=O)c4ccccc4c3cc21. The number of carbonyl (C=O) groups excluding carboxylic acids is 1. The predicted molar refractivity (Wildman–Crippen MR) is 95.4 cm³/mol. The van der Waals surface area contributed by atoms with E-state index in [-0.39, 0.29) is 17.0 Å². The fraction of sp³-hybridized carbons (Fsp3) is 0.333. The van der Waals surface area contributed by atoms with Gasteiger partial charge in [-0.15, -0.1) is 0 Å². The number of carbonyl (C=O) groups is 1. The van der Waals surface area contributed by atoms with Crippen molar-refractivity contribution in [3.63, 3.8) is 0 Å². The Hall–Kier alpha value is -2.62. The normalized spacial score (nSPS) is 19.1. The summed E-state index contributed by atoms with van der Waals surface area (Å²) in [6, 6.07) is 10.9. The molecule has 1 saturated carbocycles. The van der Waals surface area contributed by atoms with Crippen LogP contribution in [-0.2, 0) is 0 Å². The number of rotatable bonds is 0. The second-order valence-electron chi connectivity index (χ2n) is 7.23. The molecule has 1 spiro atoms. The second-order valence-corrected chi connectivity index (χ2v) is 7.23. The van der Waals surface area contributed by atoms with Crippen molar-refractivity contribution in [1.29, 1.82) is 0 Å². The summed E-state index contributed by atoms with van der Waals surface area (Å²) in [6.07, 6.45) is 5.66. The van der Waals surface area contributed by atoms with Crippen molar-refractivity contribution >= 4 is 27.5 Å². The van der Waals surface area contributed by atoms with Gasteiger partial charge in [-0.1, -0.05) is 24.6 Å². The van der Waals surface area contributed by atoms with Gasteiger partial charge in [-0.2, -0.15) is 0 Å². The van der Waals surface area contributed by atoms with E-state index in [1.165, 1.54) is 6.42 Å². The molecule has 0 saturated heterocycles. The molecule has 0 radical (unpaired) electrons. The Bertz CT molecular complexity index is 1070. The maximum Gasteiger partial charge on any atom is 0.344 e. The van der Waals surface area contributed by atoms with Crippen molar-refractivity contribution in [2.24, 2.45) is 0 Å². The van der Waals surface area contributed by atoms with E-state index in [1.54, 1.807) is 12.1 Å². The molecule has 0 unspecified atom stereocenters. The maximum atomic E-state index is 12.8. The fourth-order valence-corrected chi connectivity index (χ4v) is 4.34. The molecule has 4 heteroatoms. The van der Waals surface area contributed by atoms with Crippen molar-refractivity contribution < 1.29 is 13.9 Å². The van der Waals surface area contributed by atoms with E-state index in [0.29, 0.717) is 28.7 Å². The second kappa shape index (κ2) is 5.19. The maximum absolute atomic E-state index is 12.8. The van der Waals surface area contributed by atoms with Crippen LogP contribution in [0, 0.1) is 0 Å². The molecule has 0 N–H and O–H groups in total. The highest BCUT2D eigenvalue weighted by atomic mass is 16.5. The van der Waals surface area contributed by atoms with Gasteiger partial charge in [0.1, 0.15) is 16.9 Å². The molecule has 0 bridgehead atoms. The third kappa shape index (κ3) is 2.20. The molecular formula is C21H18O4. The molecule has 0 atom stereocenters. The Labute approximate surface area is 144 Å². The Morgan fingerprint density at radius 2 is 1.64 bits per heavy atom. The molecule has 1 fully saturated rings. The molecule has 1 aliphatic heterocycles. The number of hydrogen-bond donors (Lipinski definition) is 0. The lowest BCUT2D eigenvalue weighted by molar-refractivity contribution is 0.0137. The summed E-state index contributed by atoms with van der Waals surface area (Å²) in [5, 5.41) is 2.12. The van der Waals surface area contributed by atoms with Gasteiger partial charge >= 0.3 is 5.63 Å². The zero-order valence-corrected chi connectivity index (χ0v) is 13.8. The summed E-state index contributed by atoms with van der Waals surface area (Å²) in [4.78, 5) is 25.1. The van der Waals surface area contributed by atoms with Gasteiger partial charge < -0.3 is 9.15 Å². The minimum Gasteiger partial charge on any atom is -0.486 e. The third-order valence-corrected chi connectivity index (χ3v) is 5.60. The van der Waals surface area contributed by atoms with E-state index in [9.17, 15) is 9.59 Å². The monoisotopic (exact) mass is 334 g/mol. The van der Waals surface area contributed by atoms with E-state index < -0.39 is 0 Å². The average Bonchev–Trinajstić information content (AvgIpc) is 2.61. The number of benzene rings is 2. The molecule has 2 aromatic carbocycles. The number of ketones is 1. The predicted octanol–water partition coefficient (Wildman–Crippen LogP) is 4.61. The summed E-state index contributed by atoms with van der Waals surface area (Å²) < 4.78 is 11.8. The molecule has 1 aliphatic carbocycles. The smallest absolute Gasteiger partial charge is 0.344 e. The molecule has 0 amide bonds. The van der Waals surface area contributed by atoms with Crippen LogP contribution in [0.2, 0.25) is 0 Å². The highest BCUT2D eigenvalue weighted by molar-refractivity contribution is 6.10. The van der Waals surface area contributed by atoms with Crippen LogP contribution in [0.1, 0.15) is 48.9 Å². The summed E-state index contributed by atoms with van der Waals surface area (Å²) >= 11 is 0. The number of Topliss-reactive ketones (excluding diaryl/α,β-unsaturated/α-hetero) is 1. The van der Waals surface area contributed by atoms with E-state index in [0.717, 1.165) is 36.5 Å². The van der Waals surface area contributed by atoms with Crippen molar-refractivity contribution in [2.45, 2.75) is 44.1 Å². The molecule has 25 heavy (non-hydrogen) atoms. The van der Waals surface area contributed by atoms with Gasteiger partial charge in [-0.3, -0.25) is 4.79 Å². The quantitative estimate of drug-likeness (QED) is 0.445. The minimum absolute atomic E-state index is 0.125. The lowest BCUT2D eigenvalue weighted by Crippen LogP contribution is -2.43. The summed E-state index contributed by atoms with van der Waals surface area (Å²) in [5.41, 5.74) is 0.344. The third-order valence-electron chi connectivity index (χ3n) is 5.60. The Kier molecular flexibility index (Phi) is 3.05. The number of fused-ring (bicyclic) bond motifs is 4. The largest absolute Gasteiger partial charge is 0.486 e. The van der Waals surface area contributed by atoms with Crippen LogP contribution in [-0.4, -0.2) is 11.4 Å². The molecule has 2 heterocycles. The Morgan fingerprint density at radius 3 is 2.44 bits per heavy atom. The van der Waals surface area contributed by atoms with Gasteiger partial charge in [0.15, 0.2) is 5.78 Å². The molecule has 1 aromatic heterocycles. The van der Waals surface area contributed by atoms with E-state index in [4.69, 9.17) is 9.15 Å². The highest BCUT2D eigenvalue weighted by Gasteiger charge is 2.41. The lowest BCUT2D eigenvalue weighted by atomic mass is 9.78. The van der Waals surface area contributed by atoms with Crippen LogP contribution in [0.15, 0.2) is 45.6 Å². The van der Waals surface area contributed by atoms with Gasteiger partial charge in [0.25, 0.3) is 0 Å². The Morgan fingerprint density at radius 1 is 0.880 bits per heavy atom. The zero-order chi connectivity index (χ0) is 17.0. The van der Waals surface area contributed by atoms with Crippen LogP contribution in [0.25, 0.3) is 21.7 Å². The minimum atomic E-state index is -0.368. The van der Waals surface area contributed by atoms with Gasteiger partial charge in [0.2, 0.25) is 0 Å². The topological polar surface area (TPSA) is 56.5 Å². The first kappa shape index (κ1) is 14.7. The molecule has 4 nitrogen and oxygen atoms in total. The summed E-state index contributed by atoms with van der Waals surface area (Å²) in [6.45, 7) is 0. The standard InChI is InChI=1S/C21H18O4/c22-17-12-21(8-4-1-5-9-21)25-19-11-18-15(10-16(17)19)13-6-2-3-7-14(13)20(23)24-18/h2-3,6-7,10-11H,1,4-5,8-9,12H2. The number of hydrogen-bond acceptors (Lipinski definition) is 4. The van der Waals surface area contributed by atoms with Crippen LogP contribution in [0.4, 0.5) is 0 Å². The Balaban J connectivity index is 1.74. The average molecular weight is 334 g/mol. The van der Waals surface area contributed by atoms with Crippen molar-refractivity contribution in [3.8, 4) is 5.75 Å². The molecule has 2 aliphatic rings. The lowest BCUT2D eigenvalue weighted by Gasteiger charge is -2.40. The van der Waals surface area contributed by atoms with Crippen LogP contribution < -0.4 is 10.4 Å². The summed E-state index contributed by atoms with van der Waals surface area (Å²) in [7, 11) is 0. The molecule has 126 valence electrons. The van der Waals surface area contributed by atoms with Crippen molar-refractivity contribution in [3.05, 3.63) is 52.4 Å². The molecule has 3 aromatic rings. The van der Waals surface area contributed by atoms with Gasteiger partial charge in [-0.05, 0) is 43.2 Å². The van der Waals surface area contributed by atoms with Gasteiger partial charge in [0, 0.05) is 11.5 Å². The van der Waals surface area contributed by atoms with Crippen molar-refractivity contribution in [2.75, 3.05) is 0 Å². The highest BCUT2D eigenvalue weighted by Crippen LogP contribution is 2.43. The van der Waals surface area contributed by atoms with E-state index in [1.807, 2.05) is 24.3 Å². The fourth-order valence-electron chi connectivity index (χ4n) is 4.34.